The normalized spacial score (nSPS) is 10.5. The van der Waals surface area contributed by atoms with Gasteiger partial charge in [0.2, 0.25) is 0 Å². The fraction of sp³-hybridized carbons (Fsp3) is 0. The third-order valence-electron chi connectivity index (χ3n) is 2.86. The summed E-state index contributed by atoms with van der Waals surface area (Å²) in [4.78, 5) is 19.7. The van der Waals surface area contributed by atoms with Crippen LogP contribution in [0.25, 0.3) is 21.8 Å². The summed E-state index contributed by atoms with van der Waals surface area (Å²) in [6, 6.07) is 8.71. The van der Waals surface area contributed by atoms with Crippen LogP contribution in [0.15, 0.2) is 52.6 Å². The molecule has 4 nitrogen and oxygen atoms in total. The Labute approximate surface area is 133 Å². The maximum absolute atomic E-state index is 11.0. The van der Waals surface area contributed by atoms with Crippen molar-refractivity contribution in [3.63, 3.8) is 0 Å². The molecule has 0 unspecified atom stereocenters. The van der Waals surface area contributed by atoms with Crippen molar-refractivity contribution < 1.29 is 9.90 Å². The number of hydrogen-bond acceptors (Lipinski definition) is 4. The molecule has 0 bridgehead atoms. The number of aromatic nitrogens is 2. The van der Waals surface area contributed by atoms with Crippen molar-refractivity contribution in [3.8, 4) is 21.8 Å². The lowest BCUT2D eigenvalue weighted by molar-refractivity contribution is 0.0697. The van der Waals surface area contributed by atoms with E-state index in [9.17, 15) is 4.79 Å². The molecule has 6 heteroatoms. The standard InChI is InChI=1S/C15H9BrN2O2S/c16-12-5-11(6-17-7-12)14-18-13(8-21-14)9-2-1-3-10(4-9)15(19)20/h1-8H,(H,19,20). The van der Waals surface area contributed by atoms with Gasteiger partial charge in [-0.2, -0.15) is 0 Å². The molecular formula is C15H9BrN2O2S. The summed E-state index contributed by atoms with van der Waals surface area (Å²) in [7, 11) is 0. The van der Waals surface area contributed by atoms with Crippen LogP contribution < -0.4 is 0 Å². The molecule has 104 valence electrons. The first-order valence-corrected chi connectivity index (χ1v) is 7.71. The van der Waals surface area contributed by atoms with Crippen molar-refractivity contribution >= 4 is 33.2 Å². The van der Waals surface area contributed by atoms with Gasteiger partial charge in [-0.25, -0.2) is 9.78 Å². The van der Waals surface area contributed by atoms with Crippen LogP contribution in [-0.4, -0.2) is 21.0 Å². The first-order valence-electron chi connectivity index (χ1n) is 6.03. The summed E-state index contributed by atoms with van der Waals surface area (Å²) >= 11 is 4.89. The number of nitrogens with zero attached hydrogens (tertiary/aromatic N) is 2. The fourth-order valence-electron chi connectivity index (χ4n) is 1.88. The molecule has 3 aromatic rings. The van der Waals surface area contributed by atoms with Crippen LogP contribution in [0.5, 0.6) is 0 Å². The molecule has 1 aromatic carbocycles. The van der Waals surface area contributed by atoms with E-state index >= 15 is 0 Å². The van der Waals surface area contributed by atoms with Crippen LogP contribution in [0.3, 0.4) is 0 Å². The first kappa shape index (κ1) is 13.9. The number of thiazole rings is 1. The molecule has 0 fully saturated rings. The molecule has 0 amide bonds. The summed E-state index contributed by atoms with van der Waals surface area (Å²) in [5.41, 5.74) is 2.74. The SMILES string of the molecule is O=C(O)c1cccc(-c2csc(-c3cncc(Br)c3)n2)c1. The lowest BCUT2D eigenvalue weighted by Crippen LogP contribution is -1.95. The number of carboxylic acid groups (broad SMARTS) is 1. The van der Waals surface area contributed by atoms with Gasteiger partial charge < -0.3 is 5.11 Å². The molecule has 0 saturated heterocycles. The number of carboxylic acids is 1. The predicted octanol–water partition coefficient (Wildman–Crippen LogP) is 4.33. The summed E-state index contributed by atoms with van der Waals surface area (Å²) in [6.45, 7) is 0. The van der Waals surface area contributed by atoms with Gasteiger partial charge >= 0.3 is 5.97 Å². The lowest BCUT2D eigenvalue weighted by Gasteiger charge is -1.99. The largest absolute Gasteiger partial charge is 0.478 e. The van der Waals surface area contributed by atoms with Crippen LogP contribution in [0, 0.1) is 0 Å². The van der Waals surface area contributed by atoms with Gasteiger partial charge in [-0.05, 0) is 34.1 Å². The lowest BCUT2D eigenvalue weighted by atomic mass is 10.1. The Morgan fingerprint density at radius 3 is 2.81 bits per heavy atom. The third kappa shape index (κ3) is 3.01. The molecule has 0 aliphatic carbocycles. The van der Waals surface area contributed by atoms with E-state index in [1.807, 2.05) is 17.5 Å². The van der Waals surface area contributed by atoms with E-state index in [1.165, 1.54) is 11.3 Å². The Hall–Kier alpha value is -2.05. The number of hydrogen-bond donors (Lipinski definition) is 1. The zero-order chi connectivity index (χ0) is 14.8. The maximum atomic E-state index is 11.0. The number of benzene rings is 1. The number of halogens is 1. The smallest absolute Gasteiger partial charge is 0.335 e. The van der Waals surface area contributed by atoms with Gasteiger partial charge in [0, 0.05) is 33.4 Å². The maximum Gasteiger partial charge on any atom is 0.335 e. The van der Waals surface area contributed by atoms with Crippen molar-refractivity contribution in [2.24, 2.45) is 0 Å². The minimum Gasteiger partial charge on any atom is -0.478 e. The number of pyridine rings is 1. The second-order valence-electron chi connectivity index (χ2n) is 4.32. The fourth-order valence-corrected chi connectivity index (χ4v) is 3.05. The molecule has 0 radical (unpaired) electrons. The third-order valence-corrected chi connectivity index (χ3v) is 4.19. The molecule has 0 saturated carbocycles. The van der Waals surface area contributed by atoms with Crippen molar-refractivity contribution in [1.29, 1.82) is 0 Å². The summed E-state index contributed by atoms with van der Waals surface area (Å²) in [6.07, 6.45) is 3.47. The average Bonchev–Trinajstić information content (AvgIpc) is 2.97. The highest BCUT2D eigenvalue weighted by Gasteiger charge is 2.09. The summed E-state index contributed by atoms with van der Waals surface area (Å²) < 4.78 is 0.893. The van der Waals surface area contributed by atoms with Crippen molar-refractivity contribution in [1.82, 2.24) is 9.97 Å². The second kappa shape index (κ2) is 5.75. The van der Waals surface area contributed by atoms with Gasteiger partial charge in [0.15, 0.2) is 0 Å². The van der Waals surface area contributed by atoms with Crippen molar-refractivity contribution in [2.75, 3.05) is 0 Å². The Morgan fingerprint density at radius 1 is 1.19 bits per heavy atom. The second-order valence-corrected chi connectivity index (χ2v) is 6.09. The van der Waals surface area contributed by atoms with Gasteiger partial charge in [-0.1, -0.05) is 12.1 Å². The van der Waals surface area contributed by atoms with E-state index in [0.29, 0.717) is 0 Å². The van der Waals surface area contributed by atoms with Gasteiger partial charge in [0.1, 0.15) is 5.01 Å². The molecule has 2 aromatic heterocycles. The van der Waals surface area contributed by atoms with Crippen molar-refractivity contribution in [2.45, 2.75) is 0 Å². The highest BCUT2D eigenvalue weighted by Crippen LogP contribution is 2.29. The molecule has 0 spiro atoms. The molecule has 0 aliphatic rings. The molecule has 1 N–H and O–H groups in total. The Bertz CT molecular complexity index is 817. The molecule has 0 aliphatic heterocycles. The molecule has 2 heterocycles. The first-order chi connectivity index (χ1) is 10.1. The average molecular weight is 361 g/mol. The minimum absolute atomic E-state index is 0.256. The molecular weight excluding hydrogens is 352 g/mol. The van der Waals surface area contributed by atoms with Gasteiger partial charge in [0.05, 0.1) is 11.3 Å². The van der Waals surface area contributed by atoms with Crippen molar-refractivity contribution in [3.05, 3.63) is 58.1 Å². The molecule has 3 rings (SSSR count). The van der Waals surface area contributed by atoms with Gasteiger partial charge in [0.25, 0.3) is 0 Å². The van der Waals surface area contributed by atoms with Gasteiger partial charge in [-0.3, -0.25) is 4.98 Å². The van der Waals surface area contributed by atoms with Crippen LogP contribution in [-0.2, 0) is 0 Å². The van der Waals surface area contributed by atoms with Crippen LogP contribution >= 0.6 is 27.3 Å². The zero-order valence-electron chi connectivity index (χ0n) is 10.7. The monoisotopic (exact) mass is 360 g/mol. The quantitative estimate of drug-likeness (QED) is 0.754. The summed E-state index contributed by atoms with van der Waals surface area (Å²) in [5, 5.41) is 11.8. The number of aromatic carboxylic acids is 1. The Morgan fingerprint density at radius 2 is 2.05 bits per heavy atom. The van der Waals surface area contributed by atoms with E-state index in [1.54, 1.807) is 30.6 Å². The van der Waals surface area contributed by atoms with Crippen LogP contribution in [0.4, 0.5) is 0 Å². The highest BCUT2D eigenvalue weighted by atomic mass is 79.9. The summed E-state index contributed by atoms with van der Waals surface area (Å²) in [5.74, 6) is -0.941. The van der Waals surface area contributed by atoms with E-state index < -0.39 is 5.97 Å². The highest BCUT2D eigenvalue weighted by molar-refractivity contribution is 9.10. The van der Waals surface area contributed by atoms with Gasteiger partial charge in [-0.15, -0.1) is 11.3 Å². The molecule has 0 atom stereocenters. The number of rotatable bonds is 3. The topological polar surface area (TPSA) is 63.1 Å². The minimum atomic E-state index is -0.941. The van der Waals surface area contributed by atoms with E-state index in [4.69, 9.17) is 5.11 Å². The molecule has 21 heavy (non-hydrogen) atoms. The Kier molecular flexibility index (Phi) is 3.81. The van der Waals surface area contributed by atoms with E-state index in [-0.39, 0.29) is 5.56 Å². The van der Waals surface area contributed by atoms with Crippen LogP contribution in [0.1, 0.15) is 10.4 Å². The van der Waals surface area contributed by atoms with Crippen LogP contribution in [0.2, 0.25) is 0 Å². The Balaban J connectivity index is 1.98. The van der Waals surface area contributed by atoms with E-state index in [2.05, 4.69) is 25.9 Å². The zero-order valence-corrected chi connectivity index (χ0v) is 13.1. The number of carbonyl (C=O) groups is 1. The van der Waals surface area contributed by atoms with E-state index in [0.717, 1.165) is 26.3 Å². The predicted molar refractivity (Wildman–Crippen MR) is 85.4 cm³/mol.